The molecule has 1 aromatic carbocycles. The van der Waals surface area contributed by atoms with Crippen molar-refractivity contribution >= 4 is 21.9 Å². The molecule has 0 saturated heterocycles. The Hall–Kier alpha value is -1.70. The van der Waals surface area contributed by atoms with Gasteiger partial charge in [-0.05, 0) is 19.1 Å². The summed E-state index contributed by atoms with van der Waals surface area (Å²) < 4.78 is 2.23. The Morgan fingerprint density at radius 1 is 1.14 bits per heavy atom. The summed E-state index contributed by atoms with van der Waals surface area (Å²) in [7, 11) is 2.11. The Morgan fingerprint density at radius 2 is 1.93 bits per heavy atom. The van der Waals surface area contributed by atoms with Crippen LogP contribution in [0.4, 0.5) is 0 Å². The number of hydrogen-bond donors (Lipinski definition) is 1. The van der Waals surface area contributed by atoms with Crippen molar-refractivity contribution in [1.82, 2.24) is 9.55 Å². The lowest BCUT2D eigenvalue weighted by Gasteiger charge is -1.95. The molecule has 0 saturated carbocycles. The highest BCUT2D eigenvalue weighted by atomic mass is 15.0. The zero-order valence-electron chi connectivity index (χ0n) is 8.33. The summed E-state index contributed by atoms with van der Waals surface area (Å²) in [5.41, 5.74) is 5.04. The number of para-hydroxylation sites is 1. The van der Waals surface area contributed by atoms with E-state index in [0.717, 1.165) is 0 Å². The van der Waals surface area contributed by atoms with Gasteiger partial charge in [-0.15, -0.1) is 0 Å². The summed E-state index contributed by atoms with van der Waals surface area (Å²) in [6, 6.07) is 10.7. The first-order valence-corrected chi connectivity index (χ1v) is 4.80. The van der Waals surface area contributed by atoms with E-state index in [2.05, 4.69) is 53.9 Å². The highest BCUT2D eigenvalue weighted by Gasteiger charge is 2.08. The van der Waals surface area contributed by atoms with Gasteiger partial charge >= 0.3 is 0 Å². The Bertz CT molecular complexity index is 614. The van der Waals surface area contributed by atoms with E-state index < -0.39 is 0 Å². The summed E-state index contributed by atoms with van der Waals surface area (Å²) in [6.07, 6.45) is 0. The minimum absolute atomic E-state index is 1.22. The molecule has 2 heteroatoms. The third-order valence-corrected chi connectivity index (χ3v) is 2.83. The molecule has 3 rings (SSSR count). The summed E-state index contributed by atoms with van der Waals surface area (Å²) >= 11 is 0. The van der Waals surface area contributed by atoms with E-state index >= 15 is 0 Å². The van der Waals surface area contributed by atoms with Gasteiger partial charge in [0.05, 0.1) is 16.6 Å². The van der Waals surface area contributed by atoms with E-state index in [-0.39, 0.29) is 0 Å². The molecule has 0 atom stereocenters. The van der Waals surface area contributed by atoms with Crippen molar-refractivity contribution in [2.24, 2.45) is 7.05 Å². The molecule has 0 radical (unpaired) electrons. The fourth-order valence-corrected chi connectivity index (χ4v) is 2.15. The van der Waals surface area contributed by atoms with Crippen molar-refractivity contribution in [1.29, 1.82) is 0 Å². The van der Waals surface area contributed by atoms with E-state index in [9.17, 15) is 0 Å². The minimum Gasteiger partial charge on any atom is -0.357 e. The lowest BCUT2D eigenvalue weighted by atomic mass is 10.2. The van der Waals surface area contributed by atoms with Gasteiger partial charge in [0.25, 0.3) is 0 Å². The maximum atomic E-state index is 3.40. The summed E-state index contributed by atoms with van der Waals surface area (Å²) in [6.45, 7) is 2.09. The van der Waals surface area contributed by atoms with E-state index in [1.165, 1.54) is 27.6 Å². The monoisotopic (exact) mass is 184 g/mol. The van der Waals surface area contributed by atoms with Crippen molar-refractivity contribution in [3.63, 3.8) is 0 Å². The van der Waals surface area contributed by atoms with Gasteiger partial charge in [-0.2, -0.15) is 0 Å². The van der Waals surface area contributed by atoms with Crippen molar-refractivity contribution in [3.8, 4) is 0 Å². The molecule has 0 unspecified atom stereocenters. The highest BCUT2D eigenvalue weighted by molar-refractivity contribution is 6.06. The van der Waals surface area contributed by atoms with Crippen LogP contribution in [0, 0.1) is 6.92 Å². The highest BCUT2D eigenvalue weighted by Crippen LogP contribution is 2.27. The molecule has 1 N–H and O–H groups in total. The first kappa shape index (κ1) is 7.68. The molecule has 2 aromatic heterocycles. The van der Waals surface area contributed by atoms with Crippen LogP contribution in [0.1, 0.15) is 5.69 Å². The number of nitrogens with one attached hydrogen (secondary N) is 1. The summed E-state index contributed by atoms with van der Waals surface area (Å²) in [5.74, 6) is 0. The van der Waals surface area contributed by atoms with Crippen LogP contribution in [0.2, 0.25) is 0 Å². The van der Waals surface area contributed by atoms with Gasteiger partial charge in [0, 0.05) is 18.1 Å². The van der Waals surface area contributed by atoms with E-state index in [1.54, 1.807) is 0 Å². The largest absolute Gasteiger partial charge is 0.357 e. The third kappa shape index (κ3) is 0.803. The maximum Gasteiger partial charge on any atom is 0.0718 e. The Kier molecular flexibility index (Phi) is 1.32. The van der Waals surface area contributed by atoms with Crippen molar-refractivity contribution in [2.45, 2.75) is 6.92 Å². The molecule has 70 valence electrons. The number of rotatable bonds is 0. The van der Waals surface area contributed by atoms with E-state index in [4.69, 9.17) is 0 Å². The molecule has 3 aromatic rings. The summed E-state index contributed by atoms with van der Waals surface area (Å²) in [5, 5.41) is 1.30. The Morgan fingerprint density at radius 3 is 2.79 bits per heavy atom. The average Bonchev–Trinajstić information content (AvgIpc) is 2.68. The smallest absolute Gasteiger partial charge is 0.0718 e. The van der Waals surface area contributed by atoms with Crippen LogP contribution in [0.15, 0.2) is 30.3 Å². The molecular weight excluding hydrogens is 172 g/mol. The number of H-pyrrole nitrogens is 1. The second-order valence-electron chi connectivity index (χ2n) is 3.79. The molecule has 0 spiro atoms. The Balaban J connectivity index is 2.65. The van der Waals surface area contributed by atoms with Crippen LogP contribution in [-0.2, 0) is 7.05 Å². The molecule has 0 bridgehead atoms. The zero-order valence-corrected chi connectivity index (χ0v) is 8.33. The topological polar surface area (TPSA) is 20.7 Å². The van der Waals surface area contributed by atoms with Crippen molar-refractivity contribution in [3.05, 3.63) is 36.0 Å². The normalized spacial score (nSPS) is 11.6. The lowest BCUT2D eigenvalue weighted by Crippen LogP contribution is -1.84. The first-order valence-electron chi connectivity index (χ1n) is 4.80. The van der Waals surface area contributed by atoms with Gasteiger partial charge in [-0.3, -0.25) is 0 Å². The fraction of sp³-hybridized carbons (Fsp3) is 0.167. The van der Waals surface area contributed by atoms with E-state index in [0.29, 0.717) is 0 Å². The maximum absolute atomic E-state index is 3.40. The van der Waals surface area contributed by atoms with Gasteiger partial charge in [0.2, 0.25) is 0 Å². The van der Waals surface area contributed by atoms with Crippen LogP contribution in [0.25, 0.3) is 21.9 Å². The van der Waals surface area contributed by atoms with Crippen LogP contribution in [0.5, 0.6) is 0 Å². The molecular formula is C12H12N2. The molecule has 0 aliphatic heterocycles. The predicted molar refractivity (Wildman–Crippen MR) is 59.5 cm³/mol. The lowest BCUT2D eigenvalue weighted by molar-refractivity contribution is 1.01. The van der Waals surface area contributed by atoms with Crippen molar-refractivity contribution < 1.29 is 0 Å². The zero-order chi connectivity index (χ0) is 9.71. The number of aryl methyl sites for hydroxylation is 2. The number of fused-ring (bicyclic) bond motifs is 3. The van der Waals surface area contributed by atoms with E-state index in [1.807, 2.05) is 0 Å². The van der Waals surface area contributed by atoms with Crippen LogP contribution in [-0.4, -0.2) is 9.55 Å². The van der Waals surface area contributed by atoms with Crippen LogP contribution in [0.3, 0.4) is 0 Å². The van der Waals surface area contributed by atoms with Crippen LogP contribution >= 0.6 is 0 Å². The van der Waals surface area contributed by atoms with Crippen molar-refractivity contribution in [2.75, 3.05) is 0 Å². The number of aromatic nitrogens is 2. The third-order valence-electron chi connectivity index (χ3n) is 2.83. The second-order valence-corrected chi connectivity index (χ2v) is 3.79. The standard InChI is InChI=1S/C12H12N2/c1-8-7-11-12(13-8)9-5-3-4-6-10(9)14(11)2/h3-7,13H,1-2H3. The Labute approximate surface area is 82.2 Å². The van der Waals surface area contributed by atoms with Gasteiger partial charge in [-0.1, -0.05) is 18.2 Å². The quantitative estimate of drug-likeness (QED) is 0.554. The molecule has 0 amide bonds. The van der Waals surface area contributed by atoms with Crippen LogP contribution < -0.4 is 0 Å². The predicted octanol–water partition coefficient (Wildman–Crippen LogP) is 2.97. The molecule has 0 aliphatic carbocycles. The SMILES string of the molecule is Cc1cc2c([nH]1)c1ccccc1n2C. The molecule has 2 nitrogen and oxygen atoms in total. The van der Waals surface area contributed by atoms with Gasteiger partial charge in [0.1, 0.15) is 0 Å². The molecule has 14 heavy (non-hydrogen) atoms. The number of hydrogen-bond acceptors (Lipinski definition) is 0. The number of benzene rings is 1. The second kappa shape index (κ2) is 2.41. The minimum atomic E-state index is 1.22. The molecule has 0 aliphatic rings. The van der Waals surface area contributed by atoms with Gasteiger partial charge in [-0.25, -0.2) is 0 Å². The fourth-order valence-electron chi connectivity index (χ4n) is 2.15. The summed E-state index contributed by atoms with van der Waals surface area (Å²) in [4.78, 5) is 3.40. The van der Waals surface area contributed by atoms with Gasteiger partial charge in [0.15, 0.2) is 0 Å². The number of aromatic amines is 1. The molecule has 0 fully saturated rings. The average molecular weight is 184 g/mol. The first-order chi connectivity index (χ1) is 6.77. The number of nitrogens with zero attached hydrogens (tertiary/aromatic N) is 1. The molecule has 2 heterocycles. The van der Waals surface area contributed by atoms with Gasteiger partial charge < -0.3 is 9.55 Å².